The molecular formula is C27H33N3O5Si. The van der Waals surface area contributed by atoms with Gasteiger partial charge in [0.25, 0.3) is 13.9 Å². The number of hydrogen-bond donors (Lipinski definition) is 2. The molecular weight excluding hydrogens is 474 g/mol. The van der Waals surface area contributed by atoms with Crippen molar-refractivity contribution in [3.63, 3.8) is 0 Å². The van der Waals surface area contributed by atoms with Crippen molar-refractivity contribution in [1.29, 1.82) is 0 Å². The van der Waals surface area contributed by atoms with Crippen molar-refractivity contribution in [3.8, 4) is 0 Å². The van der Waals surface area contributed by atoms with Gasteiger partial charge in [-0.2, -0.15) is 0 Å². The van der Waals surface area contributed by atoms with Gasteiger partial charge in [0.2, 0.25) is 0 Å². The molecule has 9 heteroatoms. The summed E-state index contributed by atoms with van der Waals surface area (Å²) in [7, 11) is -2.83. The predicted molar refractivity (Wildman–Crippen MR) is 140 cm³/mol. The molecule has 36 heavy (non-hydrogen) atoms. The third-order valence-electron chi connectivity index (χ3n) is 7.49. The zero-order chi connectivity index (χ0) is 25.7. The Balaban J connectivity index is 1.54. The second-order valence-corrected chi connectivity index (χ2v) is 15.1. The Bertz CT molecular complexity index is 1310. The molecule has 2 saturated heterocycles. The van der Waals surface area contributed by atoms with Gasteiger partial charge in [-0.15, -0.1) is 0 Å². The van der Waals surface area contributed by atoms with E-state index in [4.69, 9.17) is 19.6 Å². The largest absolute Gasteiger partial charge is 0.404 e. The molecule has 1 aromatic heterocycles. The summed E-state index contributed by atoms with van der Waals surface area (Å²) in [6.07, 6.45) is 0.217. The number of nitrogens with zero attached hydrogens (tertiary/aromatic N) is 1. The number of benzene rings is 2. The lowest BCUT2D eigenvalue weighted by atomic mass is 9.98. The molecule has 0 unspecified atom stereocenters. The van der Waals surface area contributed by atoms with Gasteiger partial charge in [0.15, 0.2) is 6.23 Å². The Hall–Kier alpha value is -2.82. The van der Waals surface area contributed by atoms with Crippen LogP contribution in [0, 0.1) is 6.92 Å². The highest BCUT2D eigenvalue weighted by molar-refractivity contribution is 6.99. The van der Waals surface area contributed by atoms with Crippen LogP contribution < -0.4 is 27.4 Å². The van der Waals surface area contributed by atoms with Gasteiger partial charge in [-0.1, -0.05) is 81.4 Å². The molecule has 0 saturated carbocycles. The van der Waals surface area contributed by atoms with Crippen LogP contribution in [0.3, 0.4) is 0 Å². The fourth-order valence-corrected chi connectivity index (χ4v) is 10.2. The number of rotatable bonds is 6. The van der Waals surface area contributed by atoms with Gasteiger partial charge in [0, 0.05) is 11.8 Å². The van der Waals surface area contributed by atoms with Crippen molar-refractivity contribution in [3.05, 3.63) is 93.3 Å². The van der Waals surface area contributed by atoms with E-state index in [2.05, 4.69) is 50.0 Å². The summed E-state index contributed by atoms with van der Waals surface area (Å²) in [6.45, 7) is 8.77. The molecule has 0 amide bonds. The van der Waals surface area contributed by atoms with E-state index in [0.717, 1.165) is 10.4 Å². The summed E-state index contributed by atoms with van der Waals surface area (Å²) >= 11 is 0. The van der Waals surface area contributed by atoms with Gasteiger partial charge in [0.1, 0.15) is 11.7 Å². The molecule has 0 spiro atoms. The van der Waals surface area contributed by atoms with E-state index in [1.54, 1.807) is 6.92 Å². The van der Waals surface area contributed by atoms with E-state index in [0.29, 0.717) is 5.56 Å². The summed E-state index contributed by atoms with van der Waals surface area (Å²) in [5.41, 5.74) is 5.19. The van der Waals surface area contributed by atoms with Crippen molar-refractivity contribution in [2.75, 3.05) is 13.2 Å². The third kappa shape index (κ3) is 3.82. The topological polar surface area (TPSA) is 109 Å². The second-order valence-electron chi connectivity index (χ2n) is 10.8. The van der Waals surface area contributed by atoms with Crippen molar-refractivity contribution < 1.29 is 13.9 Å². The maximum atomic E-state index is 12.6. The van der Waals surface area contributed by atoms with E-state index in [9.17, 15) is 9.59 Å². The van der Waals surface area contributed by atoms with Gasteiger partial charge in [-0.05, 0) is 22.3 Å². The lowest BCUT2D eigenvalue weighted by molar-refractivity contribution is -0.183. The van der Waals surface area contributed by atoms with Gasteiger partial charge < -0.3 is 19.6 Å². The van der Waals surface area contributed by atoms with Crippen molar-refractivity contribution in [1.82, 2.24) is 9.55 Å². The summed E-state index contributed by atoms with van der Waals surface area (Å²) in [5.74, 6) is 0. The van der Waals surface area contributed by atoms with Crippen molar-refractivity contribution in [2.24, 2.45) is 5.73 Å². The minimum atomic E-state index is -2.83. The highest BCUT2D eigenvalue weighted by Gasteiger charge is 2.62. The van der Waals surface area contributed by atoms with Crippen LogP contribution in [-0.4, -0.2) is 48.8 Å². The fourth-order valence-electron chi connectivity index (χ4n) is 5.57. The summed E-state index contributed by atoms with van der Waals surface area (Å²) in [4.78, 5) is 26.8. The van der Waals surface area contributed by atoms with Gasteiger partial charge in [0.05, 0.1) is 19.3 Å². The molecule has 2 aliphatic rings. The molecule has 2 aromatic carbocycles. The maximum absolute atomic E-state index is 12.6. The van der Waals surface area contributed by atoms with Crippen LogP contribution in [0.1, 0.15) is 32.6 Å². The maximum Gasteiger partial charge on any atom is 0.330 e. The SMILES string of the molecule is Cc1cn([C@@H]2O[C@@]3(CO[Si](c4ccccc4)(c4ccccc4)C(C)(C)C)CO[C@@H]2[C@@H]3N)c(=O)[nH]c1=O. The van der Waals surface area contributed by atoms with Crippen LogP contribution in [-0.2, 0) is 13.9 Å². The Morgan fingerprint density at radius 3 is 2.22 bits per heavy atom. The highest BCUT2D eigenvalue weighted by Crippen LogP contribution is 2.45. The van der Waals surface area contributed by atoms with Crippen LogP contribution in [0.4, 0.5) is 0 Å². The second kappa shape index (κ2) is 8.93. The minimum Gasteiger partial charge on any atom is -0.404 e. The number of H-pyrrole nitrogens is 1. The molecule has 2 aliphatic heterocycles. The lowest BCUT2D eigenvalue weighted by Crippen LogP contribution is -2.68. The first-order chi connectivity index (χ1) is 17.1. The van der Waals surface area contributed by atoms with Crippen molar-refractivity contribution >= 4 is 18.7 Å². The van der Waals surface area contributed by atoms with Gasteiger partial charge >= 0.3 is 5.69 Å². The Morgan fingerprint density at radius 2 is 1.67 bits per heavy atom. The first kappa shape index (κ1) is 24.9. The number of nitrogens with two attached hydrogens (primary N) is 1. The summed E-state index contributed by atoms with van der Waals surface area (Å²) in [6, 6.07) is 20.2. The average Bonchev–Trinajstić information content (AvgIpc) is 3.31. The normalized spacial score (nSPS) is 25.9. The number of ether oxygens (including phenoxy) is 2. The Morgan fingerprint density at radius 1 is 1.08 bits per heavy atom. The standard InChI is InChI=1S/C27H33N3O5Si/c1-18-15-30(25(32)29-23(18)31)24-21-22(28)27(35-24,16-33-21)17-34-36(26(2,3)4,19-11-7-5-8-12-19)20-13-9-6-10-14-20/h5-15,21-22,24H,16-17,28H2,1-4H3,(H,29,31,32)/t21-,22+,24-,27-/m1/s1. The first-order valence-electron chi connectivity index (χ1n) is 12.2. The smallest absolute Gasteiger partial charge is 0.330 e. The number of fused-ring (bicyclic) bond motifs is 2. The Labute approximate surface area is 211 Å². The van der Waals surface area contributed by atoms with E-state index in [1.807, 2.05) is 36.4 Å². The van der Waals surface area contributed by atoms with Crippen LogP contribution in [0.5, 0.6) is 0 Å². The minimum absolute atomic E-state index is 0.208. The number of nitrogens with one attached hydrogen (secondary N) is 1. The first-order valence-corrected chi connectivity index (χ1v) is 14.1. The molecule has 2 fully saturated rings. The van der Waals surface area contributed by atoms with Crippen LogP contribution in [0.2, 0.25) is 5.04 Å². The third-order valence-corrected chi connectivity index (χ3v) is 12.5. The zero-order valence-electron chi connectivity index (χ0n) is 21.1. The number of aromatic amines is 1. The molecule has 3 heterocycles. The molecule has 8 nitrogen and oxygen atoms in total. The van der Waals surface area contributed by atoms with E-state index >= 15 is 0 Å². The van der Waals surface area contributed by atoms with E-state index in [1.165, 1.54) is 10.8 Å². The summed E-state index contributed by atoms with van der Waals surface area (Å²) in [5, 5.41) is 2.11. The quantitative estimate of drug-likeness (QED) is 0.489. The lowest BCUT2D eigenvalue weighted by Gasteiger charge is -2.45. The molecule has 0 radical (unpaired) electrons. The average molecular weight is 508 g/mol. The molecule has 2 bridgehead atoms. The number of aryl methyl sites for hydroxylation is 1. The zero-order valence-corrected chi connectivity index (χ0v) is 22.1. The van der Waals surface area contributed by atoms with E-state index in [-0.39, 0.29) is 18.3 Å². The van der Waals surface area contributed by atoms with E-state index < -0.39 is 43.5 Å². The molecule has 5 rings (SSSR count). The monoisotopic (exact) mass is 507 g/mol. The van der Waals surface area contributed by atoms with Crippen LogP contribution in [0.25, 0.3) is 0 Å². The van der Waals surface area contributed by atoms with Gasteiger partial charge in [-0.25, -0.2) is 4.79 Å². The molecule has 3 aromatic rings. The van der Waals surface area contributed by atoms with Crippen LogP contribution in [0.15, 0.2) is 76.4 Å². The Kier molecular flexibility index (Phi) is 6.17. The number of aromatic nitrogens is 2. The van der Waals surface area contributed by atoms with Crippen molar-refractivity contribution in [2.45, 2.75) is 56.7 Å². The fraction of sp³-hybridized carbons (Fsp3) is 0.407. The number of hydrogen-bond acceptors (Lipinski definition) is 6. The highest BCUT2D eigenvalue weighted by atomic mass is 28.4. The molecule has 3 N–H and O–H groups in total. The van der Waals surface area contributed by atoms with Crippen LogP contribution >= 0.6 is 0 Å². The predicted octanol–water partition coefficient (Wildman–Crippen LogP) is 1.42. The molecule has 190 valence electrons. The summed E-state index contributed by atoms with van der Waals surface area (Å²) < 4.78 is 21.0. The van der Waals surface area contributed by atoms with Gasteiger partial charge in [-0.3, -0.25) is 14.3 Å². The molecule has 0 aliphatic carbocycles. The molecule has 4 atom stereocenters.